The van der Waals surface area contributed by atoms with E-state index in [1.54, 1.807) is 0 Å². The molecule has 1 aliphatic rings. The number of carbonyl (C=O) groups excluding carboxylic acids is 1. The fourth-order valence-corrected chi connectivity index (χ4v) is 4.03. The lowest BCUT2D eigenvalue weighted by atomic mass is 10.2. The molecular weight excluding hydrogens is 346 g/mol. The van der Waals surface area contributed by atoms with Crippen molar-refractivity contribution >= 4 is 35.3 Å². The minimum absolute atomic E-state index is 0.0758. The second kappa shape index (κ2) is 6.30. The fraction of sp³-hybridized carbons (Fsp3) is 0.118. The molecule has 0 spiro atoms. The van der Waals surface area contributed by atoms with Crippen molar-refractivity contribution in [1.82, 2.24) is 10.2 Å². The summed E-state index contributed by atoms with van der Waals surface area (Å²) in [6.07, 6.45) is 0. The third-order valence-corrected chi connectivity index (χ3v) is 5.22. The van der Waals surface area contributed by atoms with Gasteiger partial charge in [0.25, 0.3) is 0 Å². The van der Waals surface area contributed by atoms with E-state index < -0.39 is 0 Å². The van der Waals surface area contributed by atoms with E-state index in [1.807, 2.05) is 54.6 Å². The number of thioether (sulfide) groups is 1. The van der Waals surface area contributed by atoms with Gasteiger partial charge in [0.1, 0.15) is 5.37 Å². The quantitative estimate of drug-likeness (QED) is 0.704. The SMILES string of the molecule is O=C1CSC(c2ccccc2Cl)N1c1nnc(-c2ccccc2)o1. The van der Waals surface area contributed by atoms with Crippen molar-refractivity contribution in [2.24, 2.45) is 0 Å². The number of amides is 1. The third-order valence-electron chi connectivity index (χ3n) is 3.68. The van der Waals surface area contributed by atoms with Gasteiger partial charge in [-0.2, -0.15) is 0 Å². The molecule has 0 radical (unpaired) electrons. The molecular formula is C17H12ClN3O2S. The van der Waals surface area contributed by atoms with E-state index in [0.29, 0.717) is 16.7 Å². The number of anilines is 1. The molecule has 0 bridgehead atoms. The summed E-state index contributed by atoms with van der Waals surface area (Å²) in [5.74, 6) is 0.653. The van der Waals surface area contributed by atoms with Gasteiger partial charge >= 0.3 is 6.01 Å². The summed E-state index contributed by atoms with van der Waals surface area (Å²) < 4.78 is 5.74. The molecule has 1 atom stereocenters. The first-order chi connectivity index (χ1) is 11.7. The molecule has 3 aromatic rings. The first kappa shape index (κ1) is 15.2. The molecule has 2 aromatic carbocycles. The average molecular weight is 358 g/mol. The van der Waals surface area contributed by atoms with E-state index in [2.05, 4.69) is 10.2 Å². The van der Waals surface area contributed by atoms with Crippen LogP contribution in [-0.4, -0.2) is 21.9 Å². The summed E-state index contributed by atoms with van der Waals surface area (Å²) in [5.41, 5.74) is 1.67. The van der Waals surface area contributed by atoms with Crippen LogP contribution in [0.4, 0.5) is 6.01 Å². The number of rotatable bonds is 3. The van der Waals surface area contributed by atoms with Crippen molar-refractivity contribution in [2.75, 3.05) is 10.7 Å². The number of benzene rings is 2. The monoisotopic (exact) mass is 357 g/mol. The van der Waals surface area contributed by atoms with Gasteiger partial charge in [-0.3, -0.25) is 4.79 Å². The molecule has 1 aliphatic heterocycles. The zero-order chi connectivity index (χ0) is 16.5. The van der Waals surface area contributed by atoms with E-state index in [9.17, 15) is 4.79 Å². The summed E-state index contributed by atoms with van der Waals surface area (Å²) in [4.78, 5) is 13.9. The van der Waals surface area contributed by atoms with Gasteiger partial charge in [-0.15, -0.1) is 16.9 Å². The van der Waals surface area contributed by atoms with Crippen LogP contribution >= 0.6 is 23.4 Å². The Morgan fingerprint density at radius 3 is 2.62 bits per heavy atom. The molecule has 1 saturated heterocycles. The second-order valence-electron chi connectivity index (χ2n) is 5.20. The van der Waals surface area contributed by atoms with Gasteiger partial charge in [0.05, 0.1) is 5.75 Å². The Morgan fingerprint density at radius 2 is 1.83 bits per heavy atom. The van der Waals surface area contributed by atoms with Crippen LogP contribution in [0.2, 0.25) is 5.02 Å². The molecule has 0 N–H and O–H groups in total. The van der Waals surface area contributed by atoms with Crippen molar-refractivity contribution in [3.8, 4) is 11.5 Å². The van der Waals surface area contributed by atoms with E-state index in [4.69, 9.17) is 16.0 Å². The van der Waals surface area contributed by atoms with Gasteiger partial charge in [0, 0.05) is 16.1 Å². The third kappa shape index (κ3) is 2.68. The predicted octanol–water partition coefficient (Wildman–Crippen LogP) is 4.17. The van der Waals surface area contributed by atoms with E-state index in [-0.39, 0.29) is 17.3 Å². The number of halogens is 1. The molecule has 4 rings (SSSR count). The van der Waals surface area contributed by atoms with Crippen molar-refractivity contribution in [1.29, 1.82) is 0 Å². The minimum Gasteiger partial charge on any atom is -0.403 e. The largest absolute Gasteiger partial charge is 0.403 e. The van der Waals surface area contributed by atoms with Crippen LogP contribution in [0, 0.1) is 0 Å². The lowest BCUT2D eigenvalue weighted by Crippen LogP contribution is -2.28. The number of hydrogen-bond donors (Lipinski definition) is 0. The van der Waals surface area contributed by atoms with Gasteiger partial charge in [0.2, 0.25) is 11.8 Å². The lowest BCUT2D eigenvalue weighted by molar-refractivity contribution is -0.116. The molecule has 5 nitrogen and oxygen atoms in total. The van der Waals surface area contributed by atoms with Crippen LogP contribution in [0.15, 0.2) is 59.0 Å². The van der Waals surface area contributed by atoms with Crippen LogP contribution < -0.4 is 4.90 Å². The normalized spacial score (nSPS) is 17.5. The van der Waals surface area contributed by atoms with Gasteiger partial charge in [-0.05, 0) is 18.2 Å². The van der Waals surface area contributed by atoms with Crippen LogP contribution in [0.1, 0.15) is 10.9 Å². The Hall–Kier alpha value is -2.31. The Labute approximate surface area is 147 Å². The summed E-state index contributed by atoms with van der Waals surface area (Å²) in [6.45, 7) is 0. The Balaban J connectivity index is 1.71. The van der Waals surface area contributed by atoms with Gasteiger partial charge in [0.15, 0.2) is 0 Å². The van der Waals surface area contributed by atoms with Crippen LogP contribution in [-0.2, 0) is 4.79 Å². The Kier molecular flexibility index (Phi) is 4.00. The molecule has 0 aliphatic carbocycles. The Bertz CT molecular complexity index is 884. The molecule has 120 valence electrons. The first-order valence-corrected chi connectivity index (χ1v) is 8.74. The maximum absolute atomic E-state index is 12.3. The highest BCUT2D eigenvalue weighted by Gasteiger charge is 2.38. The number of hydrogen-bond acceptors (Lipinski definition) is 5. The molecule has 24 heavy (non-hydrogen) atoms. The zero-order valence-electron chi connectivity index (χ0n) is 12.4. The maximum atomic E-state index is 12.3. The highest BCUT2D eigenvalue weighted by molar-refractivity contribution is 8.00. The van der Waals surface area contributed by atoms with Crippen LogP contribution in [0.25, 0.3) is 11.5 Å². The topological polar surface area (TPSA) is 59.2 Å². The summed E-state index contributed by atoms with van der Waals surface area (Å²) in [7, 11) is 0. The minimum atomic E-state index is -0.268. The molecule has 1 amide bonds. The molecule has 0 saturated carbocycles. The van der Waals surface area contributed by atoms with Crippen molar-refractivity contribution < 1.29 is 9.21 Å². The fourth-order valence-electron chi connectivity index (χ4n) is 2.55. The van der Waals surface area contributed by atoms with Crippen LogP contribution in [0.3, 0.4) is 0 Å². The van der Waals surface area contributed by atoms with Gasteiger partial charge < -0.3 is 4.42 Å². The standard InChI is InChI=1S/C17H12ClN3O2S/c18-13-9-5-4-8-12(13)16-21(14(22)10-24-16)17-20-19-15(23-17)11-6-2-1-3-7-11/h1-9,16H,10H2. The molecule has 2 heterocycles. The number of carbonyl (C=O) groups is 1. The first-order valence-electron chi connectivity index (χ1n) is 7.31. The van der Waals surface area contributed by atoms with Crippen molar-refractivity contribution in [3.63, 3.8) is 0 Å². The Morgan fingerprint density at radius 1 is 1.08 bits per heavy atom. The summed E-state index contributed by atoms with van der Waals surface area (Å²) in [6, 6.07) is 17.1. The summed E-state index contributed by atoms with van der Waals surface area (Å²) in [5, 5.41) is 8.47. The predicted molar refractivity (Wildman–Crippen MR) is 93.9 cm³/mol. The zero-order valence-corrected chi connectivity index (χ0v) is 14.0. The van der Waals surface area contributed by atoms with Gasteiger partial charge in [-0.25, -0.2) is 4.90 Å². The second-order valence-corrected chi connectivity index (χ2v) is 6.68. The average Bonchev–Trinajstić information content (AvgIpc) is 3.23. The smallest absolute Gasteiger partial charge is 0.326 e. The van der Waals surface area contributed by atoms with E-state index in [0.717, 1.165) is 11.1 Å². The lowest BCUT2D eigenvalue weighted by Gasteiger charge is -2.20. The van der Waals surface area contributed by atoms with Gasteiger partial charge in [-0.1, -0.05) is 53.1 Å². The molecule has 1 aromatic heterocycles. The molecule has 1 fully saturated rings. The highest BCUT2D eigenvalue weighted by atomic mass is 35.5. The van der Waals surface area contributed by atoms with E-state index >= 15 is 0 Å². The molecule has 1 unspecified atom stereocenters. The van der Waals surface area contributed by atoms with Crippen molar-refractivity contribution in [3.05, 3.63) is 65.2 Å². The van der Waals surface area contributed by atoms with Crippen LogP contribution in [0.5, 0.6) is 0 Å². The number of nitrogens with zero attached hydrogens (tertiary/aromatic N) is 3. The van der Waals surface area contributed by atoms with E-state index in [1.165, 1.54) is 16.7 Å². The van der Waals surface area contributed by atoms with Crippen molar-refractivity contribution in [2.45, 2.75) is 5.37 Å². The summed E-state index contributed by atoms with van der Waals surface area (Å²) >= 11 is 7.78. The number of aromatic nitrogens is 2. The molecule has 7 heteroatoms. The highest BCUT2D eigenvalue weighted by Crippen LogP contribution is 2.43. The maximum Gasteiger partial charge on any atom is 0.326 e.